The molecule has 0 aromatic heterocycles. The first-order valence-corrected chi connectivity index (χ1v) is 8.12. The van der Waals surface area contributed by atoms with Gasteiger partial charge >= 0.3 is 0 Å². The van der Waals surface area contributed by atoms with Crippen LogP contribution in [0, 0.1) is 11.6 Å². The second-order valence-corrected chi connectivity index (χ2v) is 6.02. The molecule has 0 saturated carbocycles. The van der Waals surface area contributed by atoms with E-state index in [1.54, 1.807) is 6.92 Å². The number of nitrogens with one attached hydrogen (secondary N) is 3. The van der Waals surface area contributed by atoms with Crippen molar-refractivity contribution in [1.82, 2.24) is 5.32 Å². The Balaban J connectivity index is 2.27. The van der Waals surface area contributed by atoms with Crippen molar-refractivity contribution < 1.29 is 23.2 Å². The van der Waals surface area contributed by atoms with Gasteiger partial charge in [-0.3, -0.25) is 14.4 Å². The van der Waals surface area contributed by atoms with E-state index in [1.165, 1.54) is 38.1 Å². The molecule has 0 fully saturated rings. The topological polar surface area (TPSA) is 87.3 Å². The highest BCUT2D eigenvalue weighted by Gasteiger charge is 2.17. The fourth-order valence-electron chi connectivity index (χ4n) is 2.52. The standard InChI is InChI=1S/C19H19F2N3O3/c1-10(17-5-4-14(20)8-18(17)21)22-19(27)13-6-15(23-11(2)25)9-16(7-13)24-12(3)26/h4-10H,1-3H3,(H,22,27)(H,23,25)(H,24,26). The Labute approximate surface area is 155 Å². The summed E-state index contributed by atoms with van der Waals surface area (Å²) in [6, 6.07) is 6.73. The van der Waals surface area contributed by atoms with Gasteiger partial charge in [-0.25, -0.2) is 8.78 Å². The average molecular weight is 375 g/mol. The highest BCUT2D eigenvalue weighted by molar-refractivity contribution is 6.00. The number of hydrogen-bond donors (Lipinski definition) is 3. The summed E-state index contributed by atoms with van der Waals surface area (Å²) in [4.78, 5) is 35.1. The minimum Gasteiger partial charge on any atom is -0.345 e. The van der Waals surface area contributed by atoms with Crippen LogP contribution in [0.2, 0.25) is 0 Å². The monoisotopic (exact) mass is 375 g/mol. The van der Waals surface area contributed by atoms with Crippen LogP contribution in [0.15, 0.2) is 36.4 Å². The van der Waals surface area contributed by atoms with E-state index in [2.05, 4.69) is 16.0 Å². The lowest BCUT2D eigenvalue weighted by atomic mass is 10.1. The Kier molecular flexibility index (Phi) is 6.23. The maximum Gasteiger partial charge on any atom is 0.251 e. The zero-order valence-electron chi connectivity index (χ0n) is 15.0. The first-order chi connectivity index (χ1) is 12.7. The lowest BCUT2D eigenvalue weighted by molar-refractivity contribution is -0.115. The van der Waals surface area contributed by atoms with Crippen LogP contribution < -0.4 is 16.0 Å². The van der Waals surface area contributed by atoms with Crippen LogP contribution in [-0.2, 0) is 9.59 Å². The minimum absolute atomic E-state index is 0.129. The molecule has 0 aliphatic heterocycles. The van der Waals surface area contributed by atoms with Crippen LogP contribution in [0.5, 0.6) is 0 Å². The van der Waals surface area contributed by atoms with Crippen LogP contribution in [-0.4, -0.2) is 17.7 Å². The zero-order chi connectivity index (χ0) is 20.1. The van der Waals surface area contributed by atoms with Crippen molar-refractivity contribution in [2.75, 3.05) is 10.6 Å². The molecule has 0 saturated heterocycles. The van der Waals surface area contributed by atoms with Crippen molar-refractivity contribution in [2.24, 2.45) is 0 Å². The van der Waals surface area contributed by atoms with E-state index in [-0.39, 0.29) is 22.9 Å². The molecule has 8 heteroatoms. The molecule has 0 bridgehead atoms. The van der Waals surface area contributed by atoms with E-state index in [0.717, 1.165) is 12.1 Å². The zero-order valence-corrected chi connectivity index (χ0v) is 15.0. The highest BCUT2D eigenvalue weighted by atomic mass is 19.1. The van der Waals surface area contributed by atoms with E-state index < -0.39 is 23.6 Å². The Morgan fingerprint density at radius 1 is 0.889 bits per heavy atom. The molecule has 2 aromatic carbocycles. The number of amides is 3. The highest BCUT2D eigenvalue weighted by Crippen LogP contribution is 2.22. The second kappa shape index (κ2) is 8.39. The molecular weight excluding hydrogens is 356 g/mol. The van der Waals surface area contributed by atoms with Gasteiger partial charge in [0.05, 0.1) is 6.04 Å². The molecule has 3 amide bonds. The normalized spacial score (nSPS) is 11.4. The van der Waals surface area contributed by atoms with Gasteiger partial charge in [-0.05, 0) is 31.2 Å². The molecule has 0 heterocycles. The number of carbonyl (C=O) groups excluding carboxylic acids is 3. The molecule has 3 N–H and O–H groups in total. The van der Waals surface area contributed by atoms with Gasteiger partial charge in [-0.1, -0.05) is 6.07 Å². The summed E-state index contributed by atoms with van der Waals surface area (Å²) in [6.45, 7) is 4.18. The van der Waals surface area contributed by atoms with Gasteiger partial charge < -0.3 is 16.0 Å². The quantitative estimate of drug-likeness (QED) is 0.749. The molecule has 27 heavy (non-hydrogen) atoms. The summed E-state index contributed by atoms with van der Waals surface area (Å²) < 4.78 is 26.9. The van der Waals surface area contributed by atoms with Gasteiger partial charge in [0.15, 0.2) is 0 Å². The molecule has 142 valence electrons. The Morgan fingerprint density at radius 2 is 1.44 bits per heavy atom. The maximum atomic E-state index is 13.9. The van der Waals surface area contributed by atoms with Crippen LogP contribution in [0.3, 0.4) is 0 Å². The number of hydrogen-bond acceptors (Lipinski definition) is 3. The minimum atomic E-state index is -0.770. The SMILES string of the molecule is CC(=O)Nc1cc(NC(C)=O)cc(C(=O)NC(C)c2ccc(F)cc2F)c1. The number of halogens is 2. The third-order valence-corrected chi connectivity index (χ3v) is 3.61. The molecule has 0 spiro atoms. The Bertz CT molecular complexity index is 866. The predicted octanol–water partition coefficient (Wildman–Crippen LogP) is 3.37. The van der Waals surface area contributed by atoms with Crippen LogP contribution in [0.25, 0.3) is 0 Å². The lowest BCUT2D eigenvalue weighted by Gasteiger charge is -2.16. The van der Waals surface area contributed by atoms with Crippen molar-refractivity contribution in [3.05, 3.63) is 59.2 Å². The number of anilines is 2. The fourth-order valence-corrected chi connectivity index (χ4v) is 2.52. The summed E-state index contributed by atoms with van der Waals surface area (Å²) in [5.41, 5.74) is 0.920. The van der Waals surface area contributed by atoms with Crippen molar-refractivity contribution in [3.8, 4) is 0 Å². The Hall–Kier alpha value is -3.29. The maximum absolute atomic E-state index is 13.9. The summed E-state index contributed by atoms with van der Waals surface area (Å²) in [5, 5.41) is 7.69. The molecular formula is C19H19F2N3O3. The first kappa shape index (κ1) is 20.0. The third kappa shape index (κ3) is 5.60. The van der Waals surface area contributed by atoms with E-state index in [0.29, 0.717) is 11.4 Å². The molecule has 0 aliphatic carbocycles. The summed E-state index contributed by atoms with van der Waals surface area (Å²) in [6.07, 6.45) is 0. The molecule has 2 aromatic rings. The van der Waals surface area contributed by atoms with Crippen LogP contribution in [0.1, 0.15) is 42.7 Å². The van der Waals surface area contributed by atoms with Crippen molar-refractivity contribution >= 4 is 29.1 Å². The van der Waals surface area contributed by atoms with Gasteiger partial charge in [0.1, 0.15) is 11.6 Å². The van der Waals surface area contributed by atoms with Gasteiger partial charge in [0.2, 0.25) is 11.8 Å². The van der Waals surface area contributed by atoms with Gasteiger partial charge in [-0.15, -0.1) is 0 Å². The van der Waals surface area contributed by atoms with Gasteiger partial charge in [-0.2, -0.15) is 0 Å². The average Bonchev–Trinajstić information content (AvgIpc) is 2.52. The van der Waals surface area contributed by atoms with E-state index >= 15 is 0 Å². The van der Waals surface area contributed by atoms with E-state index in [9.17, 15) is 23.2 Å². The van der Waals surface area contributed by atoms with Crippen molar-refractivity contribution in [1.29, 1.82) is 0 Å². The summed E-state index contributed by atoms with van der Waals surface area (Å²) in [5.74, 6) is -2.72. The number of benzene rings is 2. The van der Waals surface area contributed by atoms with Gasteiger partial charge in [0.25, 0.3) is 5.91 Å². The number of carbonyl (C=O) groups is 3. The Morgan fingerprint density at radius 3 is 1.93 bits per heavy atom. The van der Waals surface area contributed by atoms with Crippen molar-refractivity contribution in [3.63, 3.8) is 0 Å². The molecule has 1 unspecified atom stereocenters. The van der Waals surface area contributed by atoms with Crippen LogP contribution >= 0.6 is 0 Å². The van der Waals surface area contributed by atoms with Crippen molar-refractivity contribution in [2.45, 2.75) is 26.8 Å². The van der Waals surface area contributed by atoms with Crippen LogP contribution in [0.4, 0.5) is 20.2 Å². The lowest BCUT2D eigenvalue weighted by Crippen LogP contribution is -2.27. The molecule has 2 rings (SSSR count). The second-order valence-electron chi connectivity index (χ2n) is 6.02. The van der Waals surface area contributed by atoms with Gasteiger partial charge in [0, 0.05) is 42.4 Å². The molecule has 1 atom stereocenters. The smallest absolute Gasteiger partial charge is 0.251 e. The molecule has 0 radical (unpaired) electrons. The van der Waals surface area contributed by atoms with E-state index in [4.69, 9.17) is 0 Å². The summed E-state index contributed by atoms with van der Waals surface area (Å²) in [7, 11) is 0. The molecule has 0 aliphatic rings. The first-order valence-electron chi connectivity index (χ1n) is 8.12. The fraction of sp³-hybridized carbons (Fsp3) is 0.211. The largest absolute Gasteiger partial charge is 0.345 e. The van der Waals surface area contributed by atoms with E-state index in [1.807, 2.05) is 0 Å². The third-order valence-electron chi connectivity index (χ3n) is 3.61. The number of rotatable bonds is 5. The predicted molar refractivity (Wildman–Crippen MR) is 97.3 cm³/mol. The molecule has 6 nitrogen and oxygen atoms in total. The summed E-state index contributed by atoms with van der Waals surface area (Å²) >= 11 is 0.